The molecule has 0 atom stereocenters. The molecule has 1 fully saturated rings. The number of carbonyl (C=O) groups is 2. The average Bonchev–Trinajstić information content (AvgIpc) is 3.37. The van der Waals surface area contributed by atoms with Gasteiger partial charge in [0, 0.05) is 75.1 Å². The molecule has 5 nitrogen and oxygen atoms in total. The number of likely N-dealkylation sites (tertiary alicyclic amines) is 1. The molecule has 37 heavy (non-hydrogen) atoms. The molecule has 0 saturated carbocycles. The highest BCUT2D eigenvalue weighted by Crippen LogP contribution is 2.29. The van der Waals surface area contributed by atoms with Gasteiger partial charge in [-0.25, -0.2) is 0 Å². The Bertz CT molecular complexity index is 1200. The van der Waals surface area contributed by atoms with Gasteiger partial charge in [0.15, 0.2) is 5.78 Å². The summed E-state index contributed by atoms with van der Waals surface area (Å²) in [6.45, 7) is 5.59. The molecule has 1 amide bonds. The van der Waals surface area contributed by atoms with Gasteiger partial charge in [-0.1, -0.05) is 35.9 Å². The molecular formula is C31H36ClN3O2. The minimum atomic E-state index is 0.0703. The van der Waals surface area contributed by atoms with Gasteiger partial charge >= 0.3 is 0 Å². The summed E-state index contributed by atoms with van der Waals surface area (Å²) < 4.78 is 2.22. The van der Waals surface area contributed by atoms with Crippen LogP contribution in [-0.2, 0) is 24.2 Å². The van der Waals surface area contributed by atoms with Crippen molar-refractivity contribution in [3.63, 3.8) is 0 Å². The summed E-state index contributed by atoms with van der Waals surface area (Å²) >= 11 is 6.01. The molecule has 2 aromatic carbocycles. The van der Waals surface area contributed by atoms with Crippen molar-refractivity contribution in [2.75, 3.05) is 32.7 Å². The van der Waals surface area contributed by atoms with Crippen LogP contribution < -0.4 is 0 Å². The first-order chi connectivity index (χ1) is 18.0. The number of fused-ring (bicyclic) bond motifs is 1. The average molecular weight is 518 g/mol. The first-order valence-electron chi connectivity index (χ1n) is 13.6. The number of ketones is 1. The highest BCUT2D eigenvalue weighted by molar-refractivity contribution is 6.30. The highest BCUT2D eigenvalue weighted by Gasteiger charge is 2.24. The Morgan fingerprint density at radius 2 is 1.51 bits per heavy atom. The number of hydrogen-bond acceptors (Lipinski definition) is 3. The second kappa shape index (κ2) is 12.1. The Hall–Kier alpha value is -2.89. The Morgan fingerprint density at radius 1 is 0.811 bits per heavy atom. The predicted molar refractivity (Wildman–Crippen MR) is 148 cm³/mol. The molecule has 0 N–H and O–H groups in total. The van der Waals surface area contributed by atoms with E-state index in [1.54, 1.807) is 0 Å². The van der Waals surface area contributed by atoms with Crippen LogP contribution in [0.5, 0.6) is 0 Å². The maximum Gasteiger partial charge on any atom is 0.223 e. The summed E-state index contributed by atoms with van der Waals surface area (Å²) in [5, 5.41) is 0.751. The number of halogens is 1. The van der Waals surface area contributed by atoms with E-state index < -0.39 is 0 Å². The molecule has 0 aliphatic carbocycles. The molecular weight excluding hydrogens is 482 g/mol. The topological polar surface area (TPSA) is 45.6 Å². The van der Waals surface area contributed by atoms with Gasteiger partial charge in [0.2, 0.25) is 5.91 Å². The number of nitrogens with zero attached hydrogens (tertiary/aromatic N) is 3. The fraction of sp³-hybridized carbons (Fsp3) is 0.419. The third kappa shape index (κ3) is 6.71. The van der Waals surface area contributed by atoms with Crippen LogP contribution in [0.25, 0.3) is 0 Å². The third-order valence-electron chi connectivity index (χ3n) is 8.02. The Labute approximate surface area is 225 Å². The summed E-state index contributed by atoms with van der Waals surface area (Å²) in [5.74, 6) is 0.629. The summed E-state index contributed by atoms with van der Waals surface area (Å²) in [5.41, 5.74) is 4.66. The first-order valence-corrected chi connectivity index (χ1v) is 13.9. The van der Waals surface area contributed by atoms with E-state index in [4.69, 9.17) is 11.6 Å². The summed E-state index contributed by atoms with van der Waals surface area (Å²) in [6, 6.07) is 18.3. The van der Waals surface area contributed by atoms with E-state index in [0.717, 1.165) is 75.5 Å². The Kier molecular flexibility index (Phi) is 8.42. The molecule has 1 saturated heterocycles. The number of carbonyl (C=O) groups excluding carboxylic acids is 2. The van der Waals surface area contributed by atoms with Crippen molar-refractivity contribution in [3.05, 3.63) is 94.3 Å². The number of rotatable bonds is 8. The number of amides is 1. The lowest BCUT2D eigenvalue weighted by molar-refractivity contribution is -0.132. The number of Topliss-reactive ketones (excluding diaryl/α,β-unsaturated/α-hetero) is 1. The van der Waals surface area contributed by atoms with Gasteiger partial charge in [0.1, 0.15) is 0 Å². The first kappa shape index (κ1) is 25.7. The van der Waals surface area contributed by atoms with Crippen LogP contribution in [0.15, 0.2) is 67.0 Å². The van der Waals surface area contributed by atoms with Crippen molar-refractivity contribution in [3.8, 4) is 0 Å². The van der Waals surface area contributed by atoms with Crippen LogP contribution in [0.2, 0.25) is 5.02 Å². The Morgan fingerprint density at radius 3 is 2.24 bits per heavy atom. The minimum Gasteiger partial charge on any atom is -0.353 e. The van der Waals surface area contributed by atoms with Crippen LogP contribution in [0, 0.1) is 0 Å². The van der Waals surface area contributed by atoms with Crippen LogP contribution in [-0.4, -0.2) is 58.8 Å². The van der Waals surface area contributed by atoms with E-state index in [9.17, 15) is 9.59 Å². The van der Waals surface area contributed by atoms with Gasteiger partial charge in [0.25, 0.3) is 0 Å². The van der Waals surface area contributed by atoms with Gasteiger partial charge in [-0.15, -0.1) is 0 Å². The molecule has 0 bridgehead atoms. The van der Waals surface area contributed by atoms with Crippen molar-refractivity contribution in [2.45, 2.75) is 51.0 Å². The minimum absolute atomic E-state index is 0.0703. The number of benzene rings is 2. The molecule has 3 aromatic rings. The van der Waals surface area contributed by atoms with Gasteiger partial charge in [-0.05, 0) is 78.6 Å². The van der Waals surface area contributed by atoms with Gasteiger partial charge in [-0.3, -0.25) is 9.59 Å². The number of aromatic nitrogens is 1. The number of hydrogen-bond donors (Lipinski definition) is 0. The van der Waals surface area contributed by atoms with Crippen LogP contribution in [0.4, 0.5) is 0 Å². The van der Waals surface area contributed by atoms with Crippen molar-refractivity contribution >= 4 is 23.3 Å². The Balaban J connectivity index is 1.08. The molecule has 0 spiro atoms. The van der Waals surface area contributed by atoms with E-state index >= 15 is 0 Å². The summed E-state index contributed by atoms with van der Waals surface area (Å²) in [4.78, 5) is 30.2. The molecule has 2 aliphatic heterocycles. The highest BCUT2D eigenvalue weighted by atomic mass is 35.5. The van der Waals surface area contributed by atoms with E-state index in [2.05, 4.69) is 58.3 Å². The van der Waals surface area contributed by atoms with E-state index in [1.165, 1.54) is 16.7 Å². The summed E-state index contributed by atoms with van der Waals surface area (Å²) in [7, 11) is 0. The van der Waals surface area contributed by atoms with Gasteiger partial charge in [0.05, 0.1) is 0 Å². The molecule has 0 unspecified atom stereocenters. The fourth-order valence-electron chi connectivity index (χ4n) is 5.66. The van der Waals surface area contributed by atoms with E-state index in [-0.39, 0.29) is 24.5 Å². The lowest BCUT2D eigenvalue weighted by Crippen LogP contribution is -2.38. The maximum atomic E-state index is 13.0. The molecule has 1 aromatic heterocycles. The summed E-state index contributed by atoms with van der Waals surface area (Å²) in [6.07, 6.45) is 8.66. The smallest absolute Gasteiger partial charge is 0.223 e. The lowest BCUT2D eigenvalue weighted by atomic mass is 9.89. The number of piperidine rings is 1. The molecule has 3 heterocycles. The van der Waals surface area contributed by atoms with Crippen LogP contribution >= 0.6 is 11.6 Å². The lowest BCUT2D eigenvalue weighted by Gasteiger charge is -2.32. The third-order valence-corrected chi connectivity index (χ3v) is 8.27. The zero-order valence-corrected chi connectivity index (χ0v) is 22.2. The zero-order chi connectivity index (χ0) is 25.6. The van der Waals surface area contributed by atoms with Crippen LogP contribution in [0.1, 0.15) is 58.6 Å². The molecule has 5 rings (SSSR count). The van der Waals surface area contributed by atoms with Crippen LogP contribution in [0.3, 0.4) is 0 Å². The molecule has 0 radical (unpaired) electrons. The largest absolute Gasteiger partial charge is 0.353 e. The van der Waals surface area contributed by atoms with Gasteiger partial charge < -0.3 is 14.4 Å². The monoisotopic (exact) mass is 517 g/mol. The predicted octanol–water partition coefficient (Wildman–Crippen LogP) is 5.61. The fourth-order valence-corrected chi connectivity index (χ4v) is 5.79. The van der Waals surface area contributed by atoms with Crippen molar-refractivity contribution < 1.29 is 9.59 Å². The van der Waals surface area contributed by atoms with Gasteiger partial charge in [-0.2, -0.15) is 0 Å². The second-order valence-corrected chi connectivity index (χ2v) is 10.8. The van der Waals surface area contributed by atoms with Crippen molar-refractivity contribution in [2.24, 2.45) is 0 Å². The molecule has 6 heteroatoms. The zero-order valence-electron chi connectivity index (χ0n) is 21.4. The van der Waals surface area contributed by atoms with Crippen molar-refractivity contribution in [1.29, 1.82) is 0 Å². The SMILES string of the molecule is O=C(CCC(=O)N1CCC(c2ccc(Cl)cc2)CC1)c1ccc2c(c1)CCN(CCn1cccc1)CC2. The van der Waals surface area contributed by atoms with Crippen molar-refractivity contribution in [1.82, 2.24) is 14.4 Å². The maximum absolute atomic E-state index is 13.0. The second-order valence-electron chi connectivity index (χ2n) is 10.4. The normalized spacial score (nSPS) is 16.8. The molecule has 194 valence electrons. The standard InChI is InChI=1S/C31H36ClN3O2/c32-29-7-5-24(6-8-29)26-13-19-35(20-14-26)31(37)10-9-30(36)28-4-3-25-11-17-34(18-12-27(25)23-28)22-21-33-15-1-2-16-33/h1-8,15-16,23,26H,9-14,17-22H2. The van der Waals surface area contributed by atoms with E-state index in [0.29, 0.717) is 5.92 Å². The van der Waals surface area contributed by atoms with E-state index in [1.807, 2.05) is 23.1 Å². The molecule has 2 aliphatic rings. The quantitative estimate of drug-likeness (QED) is 0.365.